The molecule has 4 N–H and O–H groups in total. The van der Waals surface area contributed by atoms with E-state index < -0.39 is 23.8 Å². The molecule has 1 aliphatic carbocycles. The minimum Gasteiger partial charge on any atom is -0.326 e. The van der Waals surface area contributed by atoms with Crippen molar-refractivity contribution < 1.29 is 19.2 Å². The van der Waals surface area contributed by atoms with E-state index in [0.29, 0.717) is 17.7 Å². The molecular formula is C19H22N4O4. The van der Waals surface area contributed by atoms with Crippen LogP contribution in [0.15, 0.2) is 18.2 Å². The number of carbonyl (C=O) groups excluding carboxylic acids is 4. The standard InChI is InChI=1S/C19H22N4O4/c20-12-5-2-6-13(12)21-9-10-3-1-4-11-16(10)19(27)23(18(11)26)14-7-8-15(24)22-17(14)25/h1,3-4,12-14,21H,2,5-9,20H2,(H,22,24,25)/t12-,13+,14?/m1/s1. The molecule has 0 aromatic heterocycles. The molecule has 0 spiro atoms. The van der Waals surface area contributed by atoms with Crippen molar-refractivity contribution in [3.05, 3.63) is 34.9 Å². The first-order chi connectivity index (χ1) is 13.0. The number of carbonyl (C=O) groups is 4. The van der Waals surface area contributed by atoms with Crippen LogP contribution >= 0.6 is 0 Å². The van der Waals surface area contributed by atoms with E-state index in [1.807, 2.05) is 6.07 Å². The monoisotopic (exact) mass is 370 g/mol. The number of nitrogens with one attached hydrogen (secondary N) is 2. The number of amides is 4. The first kappa shape index (κ1) is 17.8. The van der Waals surface area contributed by atoms with Crippen LogP contribution < -0.4 is 16.4 Å². The Morgan fingerprint density at radius 2 is 1.93 bits per heavy atom. The molecule has 1 aromatic carbocycles. The largest absolute Gasteiger partial charge is 0.326 e. The number of piperidine rings is 1. The summed E-state index contributed by atoms with van der Waals surface area (Å²) >= 11 is 0. The average molecular weight is 370 g/mol. The van der Waals surface area contributed by atoms with Crippen LogP contribution in [-0.4, -0.2) is 46.7 Å². The van der Waals surface area contributed by atoms with E-state index in [2.05, 4.69) is 10.6 Å². The van der Waals surface area contributed by atoms with Crippen molar-refractivity contribution in [1.82, 2.24) is 15.5 Å². The van der Waals surface area contributed by atoms with Crippen LogP contribution in [0.25, 0.3) is 0 Å². The Morgan fingerprint density at radius 1 is 1.11 bits per heavy atom. The van der Waals surface area contributed by atoms with Gasteiger partial charge in [0.15, 0.2) is 0 Å². The van der Waals surface area contributed by atoms with Gasteiger partial charge in [0.2, 0.25) is 11.8 Å². The van der Waals surface area contributed by atoms with Crippen LogP contribution in [0, 0.1) is 0 Å². The van der Waals surface area contributed by atoms with Gasteiger partial charge < -0.3 is 11.1 Å². The summed E-state index contributed by atoms with van der Waals surface area (Å²) in [5, 5.41) is 5.60. The van der Waals surface area contributed by atoms with E-state index in [4.69, 9.17) is 5.73 Å². The van der Waals surface area contributed by atoms with Gasteiger partial charge in [-0.2, -0.15) is 0 Å². The van der Waals surface area contributed by atoms with Gasteiger partial charge in [-0.15, -0.1) is 0 Å². The summed E-state index contributed by atoms with van der Waals surface area (Å²) in [6.45, 7) is 0.434. The fraction of sp³-hybridized carbons (Fsp3) is 0.474. The fourth-order valence-corrected chi connectivity index (χ4v) is 4.22. The number of imide groups is 2. The molecule has 1 saturated carbocycles. The summed E-state index contributed by atoms with van der Waals surface area (Å²) < 4.78 is 0. The van der Waals surface area contributed by atoms with Crippen LogP contribution in [0.4, 0.5) is 0 Å². The minimum atomic E-state index is -0.945. The molecule has 1 unspecified atom stereocenters. The van der Waals surface area contributed by atoms with Gasteiger partial charge in [0.05, 0.1) is 11.1 Å². The summed E-state index contributed by atoms with van der Waals surface area (Å²) in [5.41, 5.74) is 7.45. The van der Waals surface area contributed by atoms with E-state index in [1.165, 1.54) is 0 Å². The fourth-order valence-electron chi connectivity index (χ4n) is 4.22. The number of fused-ring (bicyclic) bond motifs is 1. The van der Waals surface area contributed by atoms with Gasteiger partial charge in [-0.1, -0.05) is 18.6 Å². The van der Waals surface area contributed by atoms with E-state index in [1.54, 1.807) is 12.1 Å². The maximum absolute atomic E-state index is 13.0. The predicted molar refractivity (Wildman–Crippen MR) is 95.6 cm³/mol. The van der Waals surface area contributed by atoms with Gasteiger partial charge in [-0.05, 0) is 30.9 Å². The molecule has 2 aliphatic heterocycles. The number of nitrogens with two attached hydrogens (primary N) is 1. The molecule has 27 heavy (non-hydrogen) atoms. The van der Waals surface area contributed by atoms with Crippen molar-refractivity contribution in [2.24, 2.45) is 5.73 Å². The SMILES string of the molecule is N[C@@H]1CCC[C@@H]1NCc1cccc2c1C(=O)N(C1CCC(=O)NC1=O)C2=O. The lowest BCUT2D eigenvalue weighted by atomic mass is 10.0. The molecule has 4 amide bonds. The molecule has 2 fully saturated rings. The highest BCUT2D eigenvalue weighted by molar-refractivity contribution is 6.24. The van der Waals surface area contributed by atoms with Crippen molar-refractivity contribution in [3.63, 3.8) is 0 Å². The molecule has 3 aliphatic rings. The Labute approximate surface area is 156 Å². The van der Waals surface area contributed by atoms with Crippen LogP contribution in [0.1, 0.15) is 58.4 Å². The van der Waals surface area contributed by atoms with Crippen molar-refractivity contribution >= 4 is 23.6 Å². The zero-order chi connectivity index (χ0) is 19.1. The highest BCUT2D eigenvalue weighted by Crippen LogP contribution is 2.30. The summed E-state index contributed by atoms with van der Waals surface area (Å²) in [7, 11) is 0. The molecule has 0 radical (unpaired) electrons. The maximum Gasteiger partial charge on any atom is 0.262 e. The number of hydrogen-bond acceptors (Lipinski definition) is 6. The Morgan fingerprint density at radius 3 is 2.63 bits per heavy atom. The summed E-state index contributed by atoms with van der Waals surface area (Å²) in [4.78, 5) is 50.3. The molecule has 8 nitrogen and oxygen atoms in total. The third kappa shape index (κ3) is 3.04. The third-order valence-corrected chi connectivity index (χ3v) is 5.68. The summed E-state index contributed by atoms with van der Waals surface area (Å²) in [6, 6.07) is 4.50. The zero-order valence-electron chi connectivity index (χ0n) is 14.9. The van der Waals surface area contributed by atoms with Gasteiger partial charge in [-0.3, -0.25) is 29.4 Å². The second kappa shape index (κ2) is 6.86. The molecule has 3 atom stereocenters. The van der Waals surface area contributed by atoms with E-state index in [0.717, 1.165) is 29.7 Å². The van der Waals surface area contributed by atoms with Gasteiger partial charge in [-0.25, -0.2) is 0 Å². The Hall–Kier alpha value is -2.58. The van der Waals surface area contributed by atoms with Gasteiger partial charge in [0.25, 0.3) is 11.8 Å². The smallest absolute Gasteiger partial charge is 0.262 e. The first-order valence-electron chi connectivity index (χ1n) is 9.30. The van der Waals surface area contributed by atoms with Crippen molar-refractivity contribution in [3.8, 4) is 0 Å². The van der Waals surface area contributed by atoms with Crippen LogP contribution in [0.5, 0.6) is 0 Å². The molecule has 4 rings (SSSR count). The quantitative estimate of drug-likeness (QED) is 0.644. The molecule has 2 heterocycles. The lowest BCUT2D eigenvalue weighted by Crippen LogP contribution is -2.54. The molecule has 1 aromatic rings. The Bertz CT molecular complexity index is 837. The van der Waals surface area contributed by atoms with Gasteiger partial charge in [0, 0.05) is 25.0 Å². The number of nitrogens with zero attached hydrogens (tertiary/aromatic N) is 1. The molecule has 1 saturated heterocycles. The average Bonchev–Trinajstić information content (AvgIpc) is 3.16. The normalized spacial score (nSPS) is 27.9. The summed E-state index contributed by atoms with van der Waals surface area (Å²) in [6.07, 6.45) is 3.31. The van der Waals surface area contributed by atoms with Gasteiger partial charge in [0.1, 0.15) is 6.04 Å². The first-order valence-corrected chi connectivity index (χ1v) is 9.30. The highest BCUT2D eigenvalue weighted by atomic mass is 16.2. The third-order valence-electron chi connectivity index (χ3n) is 5.68. The minimum absolute atomic E-state index is 0.0964. The molecule has 8 heteroatoms. The Balaban J connectivity index is 1.58. The van der Waals surface area contributed by atoms with E-state index >= 15 is 0 Å². The van der Waals surface area contributed by atoms with Crippen molar-refractivity contribution in [2.45, 2.75) is 56.8 Å². The molecule has 142 valence electrons. The Kier molecular flexibility index (Phi) is 4.53. The zero-order valence-corrected chi connectivity index (χ0v) is 14.9. The number of hydrogen-bond donors (Lipinski definition) is 3. The van der Waals surface area contributed by atoms with Crippen LogP contribution in [0.2, 0.25) is 0 Å². The predicted octanol–water partition coefficient (Wildman–Crippen LogP) is 0.0572. The lowest BCUT2D eigenvalue weighted by molar-refractivity contribution is -0.136. The van der Waals surface area contributed by atoms with Crippen molar-refractivity contribution in [2.75, 3.05) is 0 Å². The molecule has 0 bridgehead atoms. The second-order valence-electron chi connectivity index (χ2n) is 7.37. The lowest BCUT2D eigenvalue weighted by Gasteiger charge is -2.27. The molecular weight excluding hydrogens is 348 g/mol. The van der Waals surface area contributed by atoms with Gasteiger partial charge >= 0.3 is 0 Å². The van der Waals surface area contributed by atoms with Crippen molar-refractivity contribution in [1.29, 1.82) is 0 Å². The topological polar surface area (TPSA) is 122 Å². The maximum atomic E-state index is 13.0. The highest BCUT2D eigenvalue weighted by Gasteiger charge is 2.45. The second-order valence-corrected chi connectivity index (χ2v) is 7.37. The van der Waals surface area contributed by atoms with Crippen LogP contribution in [-0.2, 0) is 16.1 Å². The summed E-state index contributed by atoms with van der Waals surface area (Å²) in [5.74, 6) is -1.94. The number of benzene rings is 1. The van der Waals surface area contributed by atoms with E-state index in [-0.39, 0.29) is 30.8 Å². The number of rotatable bonds is 4. The van der Waals surface area contributed by atoms with Crippen LogP contribution in [0.3, 0.4) is 0 Å². The van der Waals surface area contributed by atoms with E-state index in [9.17, 15) is 19.2 Å².